The molecule has 122 valence electrons. The summed E-state index contributed by atoms with van der Waals surface area (Å²) in [6.07, 6.45) is 1.19. The Bertz CT molecular complexity index is 782. The van der Waals surface area contributed by atoms with Gasteiger partial charge in [0, 0.05) is 31.9 Å². The molecule has 3 rings (SSSR count). The summed E-state index contributed by atoms with van der Waals surface area (Å²) < 4.78 is 31.1. The molecule has 23 heavy (non-hydrogen) atoms. The topological polar surface area (TPSA) is 73.7 Å². The normalized spacial score (nSPS) is 15.7. The Morgan fingerprint density at radius 2 is 1.74 bits per heavy atom. The van der Waals surface area contributed by atoms with E-state index in [-0.39, 0.29) is 4.90 Å². The predicted molar refractivity (Wildman–Crippen MR) is 89.7 cm³/mol. The fourth-order valence-electron chi connectivity index (χ4n) is 2.73. The fourth-order valence-corrected chi connectivity index (χ4v) is 3.16. The molecule has 1 aliphatic rings. The zero-order valence-electron chi connectivity index (χ0n) is 12.9. The van der Waals surface area contributed by atoms with Crippen LogP contribution in [0.3, 0.4) is 0 Å². The third kappa shape index (κ3) is 3.62. The number of aromatic nitrogens is 1. The van der Waals surface area contributed by atoms with Crippen LogP contribution in [0.25, 0.3) is 0 Å². The van der Waals surface area contributed by atoms with Crippen LogP contribution in [0.1, 0.15) is 5.56 Å². The van der Waals surface area contributed by atoms with Crippen LogP contribution in [-0.4, -0.2) is 44.1 Å². The van der Waals surface area contributed by atoms with E-state index in [1.165, 1.54) is 23.5 Å². The van der Waals surface area contributed by atoms with Crippen molar-refractivity contribution >= 4 is 21.6 Å². The zero-order chi connectivity index (χ0) is 16.4. The molecule has 0 spiro atoms. The Morgan fingerprint density at radius 3 is 2.30 bits per heavy atom. The molecule has 7 heteroatoms. The quantitative estimate of drug-likeness (QED) is 0.866. The maximum atomic E-state index is 11.0. The largest absolute Gasteiger partial charge is 0.368 e. The Hall–Kier alpha value is -2.12. The van der Waals surface area contributed by atoms with E-state index in [2.05, 4.69) is 46.0 Å². The molecule has 1 saturated heterocycles. The number of benzene rings is 1. The second-order valence-electron chi connectivity index (χ2n) is 5.64. The first-order valence-corrected chi connectivity index (χ1v) is 8.87. The SMILES string of the molecule is Cc1cccc(N2CCN(c3ccc(S(=O)(=O)O)cn3)CC2)c1. The number of hydrogen-bond acceptors (Lipinski definition) is 5. The minimum Gasteiger partial charge on any atom is -0.368 e. The van der Waals surface area contributed by atoms with Gasteiger partial charge in [0.1, 0.15) is 10.7 Å². The summed E-state index contributed by atoms with van der Waals surface area (Å²) in [5, 5.41) is 0. The van der Waals surface area contributed by atoms with Crippen LogP contribution in [0.15, 0.2) is 47.5 Å². The highest BCUT2D eigenvalue weighted by Gasteiger charge is 2.19. The number of hydrogen-bond donors (Lipinski definition) is 1. The number of aryl methyl sites for hydroxylation is 1. The van der Waals surface area contributed by atoms with Gasteiger partial charge >= 0.3 is 0 Å². The second-order valence-corrected chi connectivity index (χ2v) is 7.06. The number of anilines is 2. The van der Waals surface area contributed by atoms with E-state index in [0.717, 1.165) is 32.0 Å². The van der Waals surface area contributed by atoms with Crippen molar-refractivity contribution < 1.29 is 13.0 Å². The van der Waals surface area contributed by atoms with Crippen LogP contribution in [-0.2, 0) is 10.1 Å². The molecule has 1 fully saturated rings. The molecule has 0 bridgehead atoms. The van der Waals surface area contributed by atoms with Gasteiger partial charge in [0.05, 0.1) is 6.20 Å². The molecule has 0 unspecified atom stereocenters. The van der Waals surface area contributed by atoms with Gasteiger partial charge in [-0.15, -0.1) is 0 Å². The maximum absolute atomic E-state index is 11.0. The first-order valence-electron chi connectivity index (χ1n) is 7.43. The van der Waals surface area contributed by atoms with E-state index in [1.807, 2.05) is 0 Å². The van der Waals surface area contributed by atoms with Crippen molar-refractivity contribution in [2.75, 3.05) is 36.0 Å². The molecule has 1 aliphatic heterocycles. The van der Waals surface area contributed by atoms with Gasteiger partial charge in [-0.3, -0.25) is 4.55 Å². The Balaban J connectivity index is 1.67. The summed E-state index contributed by atoms with van der Waals surface area (Å²) >= 11 is 0. The lowest BCUT2D eigenvalue weighted by atomic mass is 10.2. The summed E-state index contributed by atoms with van der Waals surface area (Å²) in [6, 6.07) is 11.4. The number of rotatable bonds is 3. The van der Waals surface area contributed by atoms with Gasteiger partial charge in [0.15, 0.2) is 0 Å². The van der Waals surface area contributed by atoms with Gasteiger partial charge < -0.3 is 9.80 Å². The molecular formula is C16H19N3O3S. The first kappa shape index (κ1) is 15.8. The van der Waals surface area contributed by atoms with Gasteiger partial charge in [-0.2, -0.15) is 8.42 Å². The molecule has 1 N–H and O–H groups in total. The van der Waals surface area contributed by atoms with Gasteiger partial charge in [-0.25, -0.2) is 4.98 Å². The van der Waals surface area contributed by atoms with E-state index in [0.29, 0.717) is 0 Å². The lowest BCUT2D eigenvalue weighted by molar-refractivity contribution is 0.482. The van der Waals surface area contributed by atoms with Gasteiger partial charge in [-0.05, 0) is 36.8 Å². The highest BCUT2D eigenvalue weighted by Crippen LogP contribution is 2.21. The lowest BCUT2D eigenvalue weighted by Gasteiger charge is -2.36. The van der Waals surface area contributed by atoms with Crippen molar-refractivity contribution in [2.24, 2.45) is 0 Å². The Labute approximate surface area is 136 Å². The third-order valence-electron chi connectivity index (χ3n) is 3.99. The highest BCUT2D eigenvalue weighted by molar-refractivity contribution is 7.85. The van der Waals surface area contributed by atoms with E-state index < -0.39 is 10.1 Å². The molecule has 0 aliphatic carbocycles. The van der Waals surface area contributed by atoms with Gasteiger partial charge in [0.2, 0.25) is 0 Å². The molecule has 6 nitrogen and oxygen atoms in total. The Kier molecular flexibility index (Phi) is 4.23. The van der Waals surface area contributed by atoms with Crippen molar-refractivity contribution in [2.45, 2.75) is 11.8 Å². The van der Waals surface area contributed by atoms with Gasteiger partial charge in [0.25, 0.3) is 10.1 Å². The van der Waals surface area contributed by atoms with Gasteiger partial charge in [-0.1, -0.05) is 12.1 Å². The van der Waals surface area contributed by atoms with Crippen LogP contribution >= 0.6 is 0 Å². The summed E-state index contributed by atoms with van der Waals surface area (Å²) in [6.45, 7) is 5.47. The minimum absolute atomic E-state index is 0.181. The van der Waals surface area contributed by atoms with Crippen molar-refractivity contribution in [1.29, 1.82) is 0 Å². The van der Waals surface area contributed by atoms with Crippen LogP contribution in [0.4, 0.5) is 11.5 Å². The average Bonchev–Trinajstić information content (AvgIpc) is 2.54. The number of nitrogens with zero attached hydrogens (tertiary/aromatic N) is 3. The molecule has 2 heterocycles. The van der Waals surface area contributed by atoms with Crippen LogP contribution in [0.5, 0.6) is 0 Å². The van der Waals surface area contributed by atoms with E-state index in [4.69, 9.17) is 4.55 Å². The first-order chi connectivity index (χ1) is 10.9. The summed E-state index contributed by atoms with van der Waals surface area (Å²) in [5.41, 5.74) is 2.46. The van der Waals surface area contributed by atoms with Crippen molar-refractivity contribution in [3.05, 3.63) is 48.2 Å². The third-order valence-corrected chi connectivity index (χ3v) is 4.83. The fraction of sp³-hybridized carbons (Fsp3) is 0.312. The second kappa shape index (κ2) is 6.17. The van der Waals surface area contributed by atoms with Crippen LogP contribution in [0.2, 0.25) is 0 Å². The molecule has 2 aromatic rings. The molecule has 1 aromatic heterocycles. The van der Waals surface area contributed by atoms with E-state index >= 15 is 0 Å². The monoisotopic (exact) mass is 333 g/mol. The van der Waals surface area contributed by atoms with Crippen LogP contribution < -0.4 is 9.80 Å². The minimum atomic E-state index is -4.19. The van der Waals surface area contributed by atoms with E-state index in [9.17, 15) is 8.42 Å². The molecule has 0 radical (unpaired) electrons. The van der Waals surface area contributed by atoms with E-state index in [1.54, 1.807) is 6.07 Å². The zero-order valence-corrected chi connectivity index (χ0v) is 13.7. The smallest absolute Gasteiger partial charge is 0.296 e. The molecule has 1 aromatic carbocycles. The lowest BCUT2D eigenvalue weighted by Crippen LogP contribution is -2.46. The summed E-state index contributed by atoms with van der Waals surface area (Å²) in [5.74, 6) is 0.723. The predicted octanol–water partition coefficient (Wildman–Crippen LogP) is 1.96. The van der Waals surface area contributed by atoms with Crippen molar-refractivity contribution in [3.63, 3.8) is 0 Å². The molecule has 0 amide bonds. The number of pyridine rings is 1. The van der Waals surface area contributed by atoms with Crippen molar-refractivity contribution in [3.8, 4) is 0 Å². The summed E-state index contributed by atoms with van der Waals surface area (Å²) in [4.78, 5) is 8.41. The highest BCUT2D eigenvalue weighted by atomic mass is 32.2. The standard InChI is InChI=1S/C16H19N3O3S/c1-13-3-2-4-14(11-13)18-7-9-19(10-8-18)16-6-5-15(12-17-16)23(20,21)22/h2-6,11-12H,7-10H2,1H3,(H,20,21,22). The average molecular weight is 333 g/mol. The van der Waals surface area contributed by atoms with Crippen molar-refractivity contribution in [1.82, 2.24) is 4.98 Å². The maximum Gasteiger partial charge on any atom is 0.296 e. The summed E-state index contributed by atoms with van der Waals surface area (Å²) in [7, 11) is -4.19. The number of piperazine rings is 1. The van der Waals surface area contributed by atoms with Crippen LogP contribution in [0, 0.1) is 6.92 Å². The molecule has 0 atom stereocenters. The Morgan fingerprint density at radius 1 is 1.04 bits per heavy atom. The molecule has 0 saturated carbocycles. The molecular weight excluding hydrogens is 314 g/mol.